The van der Waals surface area contributed by atoms with Crippen molar-refractivity contribution in [2.24, 2.45) is 5.92 Å². The van der Waals surface area contributed by atoms with Gasteiger partial charge in [-0.15, -0.1) is 6.58 Å². The molecule has 0 heterocycles. The molecule has 0 bridgehead atoms. The maximum absolute atomic E-state index is 10.9. The van der Waals surface area contributed by atoms with E-state index in [1.165, 1.54) is 32.1 Å². The van der Waals surface area contributed by atoms with Gasteiger partial charge in [-0.05, 0) is 58.5 Å². The first-order valence-electron chi connectivity index (χ1n) is 6.95. The van der Waals surface area contributed by atoms with Crippen LogP contribution in [0.2, 0.25) is 0 Å². The zero-order valence-electron chi connectivity index (χ0n) is 11.6. The van der Waals surface area contributed by atoms with Crippen molar-refractivity contribution in [1.82, 2.24) is 5.32 Å². The summed E-state index contributed by atoms with van der Waals surface area (Å²) in [6.45, 7) is 6.55. The highest BCUT2D eigenvalue weighted by atomic mass is 16.1. The number of Topliss-reactive ketones (excluding diaryl/α,β-unsaturated/α-hetero) is 1. The molecule has 0 aliphatic rings. The summed E-state index contributed by atoms with van der Waals surface area (Å²) in [5.41, 5.74) is 0. The second-order valence-electron chi connectivity index (χ2n) is 4.93. The molecule has 0 rings (SSSR count). The van der Waals surface area contributed by atoms with Crippen LogP contribution in [0.4, 0.5) is 0 Å². The minimum atomic E-state index is 0.324. The van der Waals surface area contributed by atoms with Crippen LogP contribution in [0.5, 0.6) is 0 Å². The third-order valence-electron chi connectivity index (χ3n) is 3.20. The van der Waals surface area contributed by atoms with Crippen molar-refractivity contribution in [3.05, 3.63) is 12.7 Å². The van der Waals surface area contributed by atoms with Crippen LogP contribution >= 0.6 is 0 Å². The maximum atomic E-state index is 10.9. The van der Waals surface area contributed by atoms with Crippen LogP contribution in [-0.4, -0.2) is 19.4 Å². The van der Waals surface area contributed by atoms with Crippen molar-refractivity contribution in [1.29, 1.82) is 0 Å². The molecule has 2 nitrogen and oxygen atoms in total. The Bertz CT molecular complexity index is 201. The summed E-state index contributed by atoms with van der Waals surface area (Å²) in [6.07, 6.45) is 11.2. The molecule has 0 saturated carbocycles. The molecule has 1 N–H and O–H groups in total. The minimum Gasteiger partial charge on any atom is -0.320 e. The lowest BCUT2D eigenvalue weighted by molar-refractivity contribution is -0.117. The molecule has 0 saturated heterocycles. The molecule has 0 spiro atoms. The number of carbonyl (C=O) groups is 1. The number of rotatable bonds is 12. The van der Waals surface area contributed by atoms with Gasteiger partial charge in [0.25, 0.3) is 0 Å². The largest absolute Gasteiger partial charge is 0.320 e. The van der Waals surface area contributed by atoms with Crippen LogP contribution in [0.25, 0.3) is 0 Å². The van der Waals surface area contributed by atoms with Crippen molar-refractivity contribution < 1.29 is 4.79 Å². The molecule has 2 heteroatoms. The number of nitrogens with one attached hydrogen (secondary N) is 1. The number of allylic oxidation sites excluding steroid dienone is 1. The van der Waals surface area contributed by atoms with Crippen molar-refractivity contribution >= 4 is 5.78 Å². The van der Waals surface area contributed by atoms with Crippen LogP contribution < -0.4 is 5.32 Å². The quantitative estimate of drug-likeness (QED) is 0.415. The van der Waals surface area contributed by atoms with Crippen molar-refractivity contribution in [3.63, 3.8) is 0 Å². The summed E-state index contributed by atoms with van der Waals surface area (Å²) in [6, 6.07) is 0. The first-order chi connectivity index (χ1) is 8.20. The van der Waals surface area contributed by atoms with E-state index in [2.05, 4.69) is 11.9 Å². The topological polar surface area (TPSA) is 29.1 Å². The van der Waals surface area contributed by atoms with Gasteiger partial charge in [0, 0.05) is 6.42 Å². The molecular weight excluding hydrogens is 210 g/mol. The summed E-state index contributed by atoms with van der Waals surface area (Å²) in [4.78, 5) is 10.9. The Hall–Kier alpha value is -0.630. The number of ketones is 1. The molecule has 17 heavy (non-hydrogen) atoms. The van der Waals surface area contributed by atoms with Crippen molar-refractivity contribution in [3.8, 4) is 0 Å². The highest BCUT2D eigenvalue weighted by Crippen LogP contribution is 2.21. The lowest BCUT2D eigenvalue weighted by Crippen LogP contribution is -2.10. The smallest absolute Gasteiger partial charge is 0.129 e. The van der Waals surface area contributed by atoms with Gasteiger partial charge in [-0.3, -0.25) is 0 Å². The van der Waals surface area contributed by atoms with E-state index in [-0.39, 0.29) is 0 Å². The SMILES string of the molecule is C=CCCCC(CCCNC)CCCC(C)=O. The number of carbonyl (C=O) groups excluding carboxylic acids is 1. The van der Waals surface area contributed by atoms with E-state index in [9.17, 15) is 4.79 Å². The van der Waals surface area contributed by atoms with E-state index < -0.39 is 0 Å². The van der Waals surface area contributed by atoms with E-state index in [1.807, 2.05) is 13.1 Å². The monoisotopic (exact) mass is 239 g/mol. The van der Waals surface area contributed by atoms with E-state index in [0.29, 0.717) is 5.78 Å². The predicted octanol–water partition coefficient (Wildman–Crippen LogP) is 3.72. The van der Waals surface area contributed by atoms with E-state index >= 15 is 0 Å². The number of hydrogen-bond acceptors (Lipinski definition) is 2. The summed E-state index contributed by atoms with van der Waals surface area (Å²) in [5, 5.41) is 3.19. The zero-order valence-corrected chi connectivity index (χ0v) is 11.6. The fourth-order valence-electron chi connectivity index (χ4n) is 2.19. The standard InChI is InChI=1S/C15H29NO/c1-4-5-6-10-15(12-8-13-16-3)11-7-9-14(2)17/h4,15-16H,1,5-13H2,2-3H3. The van der Waals surface area contributed by atoms with Crippen LogP contribution in [0.3, 0.4) is 0 Å². The van der Waals surface area contributed by atoms with Crippen molar-refractivity contribution in [2.75, 3.05) is 13.6 Å². The van der Waals surface area contributed by atoms with E-state index in [1.54, 1.807) is 6.92 Å². The fraction of sp³-hybridized carbons (Fsp3) is 0.800. The summed E-state index contributed by atoms with van der Waals surface area (Å²) in [5.74, 6) is 1.12. The second kappa shape index (κ2) is 11.8. The Labute approximate surface area is 107 Å². The van der Waals surface area contributed by atoms with E-state index in [0.717, 1.165) is 31.7 Å². The van der Waals surface area contributed by atoms with Gasteiger partial charge in [0.2, 0.25) is 0 Å². The van der Waals surface area contributed by atoms with Crippen LogP contribution in [-0.2, 0) is 4.79 Å². The zero-order chi connectivity index (χ0) is 12.9. The summed E-state index contributed by atoms with van der Waals surface area (Å²) in [7, 11) is 2.00. The van der Waals surface area contributed by atoms with Gasteiger partial charge in [0.15, 0.2) is 0 Å². The first-order valence-corrected chi connectivity index (χ1v) is 6.95. The lowest BCUT2D eigenvalue weighted by Gasteiger charge is -2.16. The fourth-order valence-corrected chi connectivity index (χ4v) is 2.19. The maximum Gasteiger partial charge on any atom is 0.129 e. The second-order valence-corrected chi connectivity index (χ2v) is 4.93. The molecule has 0 amide bonds. The van der Waals surface area contributed by atoms with E-state index in [4.69, 9.17) is 0 Å². The Morgan fingerprint density at radius 2 is 1.88 bits per heavy atom. The minimum absolute atomic E-state index is 0.324. The molecule has 0 fully saturated rings. The Morgan fingerprint density at radius 1 is 1.24 bits per heavy atom. The molecule has 1 unspecified atom stereocenters. The molecule has 0 aliphatic heterocycles. The van der Waals surface area contributed by atoms with Gasteiger partial charge in [-0.2, -0.15) is 0 Å². The summed E-state index contributed by atoms with van der Waals surface area (Å²) >= 11 is 0. The van der Waals surface area contributed by atoms with Crippen molar-refractivity contribution in [2.45, 2.75) is 58.3 Å². The normalized spacial score (nSPS) is 12.4. The Morgan fingerprint density at radius 3 is 2.47 bits per heavy atom. The number of hydrogen-bond donors (Lipinski definition) is 1. The van der Waals surface area contributed by atoms with Gasteiger partial charge in [0.1, 0.15) is 5.78 Å². The van der Waals surface area contributed by atoms with Gasteiger partial charge in [-0.1, -0.05) is 18.9 Å². The number of unbranched alkanes of at least 4 members (excludes halogenated alkanes) is 1. The van der Waals surface area contributed by atoms with Crippen LogP contribution in [0.1, 0.15) is 58.3 Å². The lowest BCUT2D eigenvalue weighted by atomic mass is 9.91. The Kier molecular flexibility index (Phi) is 11.4. The highest BCUT2D eigenvalue weighted by molar-refractivity contribution is 5.75. The Balaban J connectivity index is 3.74. The third kappa shape index (κ3) is 11.6. The van der Waals surface area contributed by atoms with Gasteiger partial charge in [0.05, 0.1) is 0 Å². The third-order valence-corrected chi connectivity index (χ3v) is 3.20. The molecule has 100 valence electrons. The molecule has 0 radical (unpaired) electrons. The highest BCUT2D eigenvalue weighted by Gasteiger charge is 2.08. The van der Waals surface area contributed by atoms with Crippen LogP contribution in [0, 0.1) is 5.92 Å². The molecule has 0 aliphatic carbocycles. The molecule has 1 atom stereocenters. The molecular formula is C15H29NO. The summed E-state index contributed by atoms with van der Waals surface area (Å²) < 4.78 is 0. The van der Waals surface area contributed by atoms with Gasteiger partial charge in [-0.25, -0.2) is 0 Å². The average Bonchev–Trinajstić information content (AvgIpc) is 2.28. The first kappa shape index (κ1) is 16.4. The molecule has 0 aromatic rings. The molecule has 0 aromatic heterocycles. The van der Waals surface area contributed by atoms with Gasteiger partial charge >= 0.3 is 0 Å². The molecule has 0 aromatic carbocycles. The van der Waals surface area contributed by atoms with Crippen LogP contribution in [0.15, 0.2) is 12.7 Å². The predicted molar refractivity (Wildman–Crippen MR) is 75.2 cm³/mol. The van der Waals surface area contributed by atoms with Gasteiger partial charge < -0.3 is 10.1 Å². The average molecular weight is 239 g/mol.